The molecular weight excluding hydrogens is 339 g/mol. The van der Waals surface area contributed by atoms with Gasteiger partial charge in [-0.1, -0.05) is 23.2 Å². The van der Waals surface area contributed by atoms with E-state index in [1.165, 1.54) is 18.3 Å². The number of benzene rings is 1. The van der Waals surface area contributed by atoms with Crippen molar-refractivity contribution in [2.24, 2.45) is 0 Å². The lowest BCUT2D eigenvalue weighted by atomic mass is 10.1. The summed E-state index contributed by atoms with van der Waals surface area (Å²) >= 11 is 11.7. The van der Waals surface area contributed by atoms with Crippen LogP contribution in [0.2, 0.25) is 10.0 Å². The molecule has 0 saturated heterocycles. The van der Waals surface area contributed by atoms with Gasteiger partial charge in [-0.05, 0) is 12.1 Å². The van der Waals surface area contributed by atoms with Gasteiger partial charge in [0.2, 0.25) is 0 Å². The van der Waals surface area contributed by atoms with E-state index in [-0.39, 0.29) is 33.5 Å². The van der Waals surface area contributed by atoms with E-state index in [2.05, 4.69) is 4.98 Å². The molecule has 1 aromatic heterocycles. The van der Waals surface area contributed by atoms with Crippen LogP contribution >= 0.6 is 23.2 Å². The van der Waals surface area contributed by atoms with Crippen LogP contribution in [0.5, 0.6) is 0 Å². The number of amides is 2. The van der Waals surface area contributed by atoms with Crippen LogP contribution in [0, 0.1) is 0 Å². The van der Waals surface area contributed by atoms with E-state index in [9.17, 15) is 18.4 Å². The number of carbonyl (C=O) groups excluding carboxylic acids is 2. The molecule has 9 heteroatoms. The van der Waals surface area contributed by atoms with E-state index in [0.29, 0.717) is 4.57 Å². The molecule has 1 aliphatic rings. The normalized spacial score (nSPS) is 14.1. The maximum absolute atomic E-state index is 12.8. The smallest absolute Gasteiger partial charge is 0.276 e. The van der Waals surface area contributed by atoms with Gasteiger partial charge in [-0.2, -0.15) is 8.78 Å². The number of hydrogen-bond acceptors (Lipinski definition) is 3. The number of halogens is 4. The molecule has 0 N–H and O–H groups in total. The summed E-state index contributed by atoms with van der Waals surface area (Å²) in [4.78, 5) is 29.1. The molecule has 2 aromatic rings. The van der Waals surface area contributed by atoms with Gasteiger partial charge in [0.15, 0.2) is 0 Å². The van der Waals surface area contributed by atoms with Crippen LogP contribution in [0.25, 0.3) is 0 Å². The Morgan fingerprint density at radius 2 is 1.64 bits per heavy atom. The van der Waals surface area contributed by atoms with Crippen LogP contribution in [-0.2, 0) is 6.54 Å². The molecule has 1 aliphatic heterocycles. The molecule has 0 unspecified atom stereocenters. The average molecular weight is 346 g/mol. The Morgan fingerprint density at radius 3 is 2.14 bits per heavy atom. The van der Waals surface area contributed by atoms with Crippen LogP contribution in [0.1, 0.15) is 33.1 Å². The molecule has 2 heterocycles. The molecule has 114 valence electrons. The SMILES string of the molecule is O=C1c2cc(Cl)c(Cl)cc2C(=O)N1Cc1nccn1C(F)F. The minimum absolute atomic E-state index is 0.0922. The maximum atomic E-state index is 12.8. The van der Waals surface area contributed by atoms with Crippen molar-refractivity contribution in [2.75, 3.05) is 0 Å². The van der Waals surface area contributed by atoms with Crippen molar-refractivity contribution in [1.29, 1.82) is 0 Å². The van der Waals surface area contributed by atoms with Gasteiger partial charge in [-0.15, -0.1) is 0 Å². The number of alkyl halides is 2. The number of nitrogens with zero attached hydrogens (tertiary/aromatic N) is 3. The number of hydrogen-bond donors (Lipinski definition) is 0. The molecule has 5 nitrogen and oxygen atoms in total. The lowest BCUT2D eigenvalue weighted by molar-refractivity contribution is 0.0551. The van der Waals surface area contributed by atoms with Crippen LogP contribution in [0.3, 0.4) is 0 Å². The minimum atomic E-state index is -2.81. The van der Waals surface area contributed by atoms with Gasteiger partial charge in [-0.25, -0.2) is 4.98 Å². The summed E-state index contributed by atoms with van der Waals surface area (Å²) in [5.74, 6) is -1.34. The van der Waals surface area contributed by atoms with Crippen molar-refractivity contribution in [2.45, 2.75) is 13.1 Å². The van der Waals surface area contributed by atoms with Crippen molar-refractivity contribution in [3.63, 3.8) is 0 Å². The molecule has 22 heavy (non-hydrogen) atoms. The third-order valence-electron chi connectivity index (χ3n) is 3.27. The Hall–Kier alpha value is -1.99. The Bertz CT molecular complexity index is 751. The van der Waals surface area contributed by atoms with Crippen LogP contribution in [0.15, 0.2) is 24.5 Å². The van der Waals surface area contributed by atoms with Crippen molar-refractivity contribution in [3.05, 3.63) is 51.5 Å². The Balaban J connectivity index is 1.96. The van der Waals surface area contributed by atoms with Crippen molar-refractivity contribution < 1.29 is 18.4 Å². The molecular formula is C13H7Cl2F2N3O2. The fourth-order valence-electron chi connectivity index (χ4n) is 2.21. The summed E-state index contributed by atoms with van der Waals surface area (Å²) in [5, 5.41) is 0.273. The highest BCUT2D eigenvalue weighted by Gasteiger charge is 2.37. The quantitative estimate of drug-likeness (QED) is 0.801. The zero-order valence-corrected chi connectivity index (χ0v) is 12.3. The second kappa shape index (κ2) is 5.33. The van der Waals surface area contributed by atoms with Crippen molar-refractivity contribution >= 4 is 35.0 Å². The van der Waals surface area contributed by atoms with Crippen LogP contribution < -0.4 is 0 Å². The van der Waals surface area contributed by atoms with Gasteiger partial charge in [-0.3, -0.25) is 19.1 Å². The molecule has 3 rings (SSSR count). The summed E-state index contributed by atoms with van der Waals surface area (Å²) in [5.41, 5.74) is 0.184. The molecule has 0 radical (unpaired) electrons. The summed E-state index contributed by atoms with van der Waals surface area (Å²) in [6.07, 6.45) is 2.25. The zero-order valence-electron chi connectivity index (χ0n) is 10.8. The number of imide groups is 1. The Labute approximate surface area is 133 Å². The molecule has 0 saturated carbocycles. The van der Waals surface area contributed by atoms with E-state index in [0.717, 1.165) is 11.1 Å². The molecule has 2 amide bonds. The monoisotopic (exact) mass is 345 g/mol. The van der Waals surface area contributed by atoms with Gasteiger partial charge < -0.3 is 0 Å². The van der Waals surface area contributed by atoms with E-state index < -0.39 is 18.4 Å². The predicted octanol–water partition coefficient (Wildman–Crippen LogP) is 3.38. The van der Waals surface area contributed by atoms with Crippen LogP contribution in [-0.4, -0.2) is 26.3 Å². The second-order valence-corrected chi connectivity index (χ2v) is 5.35. The first-order chi connectivity index (χ1) is 10.4. The predicted molar refractivity (Wildman–Crippen MR) is 74.1 cm³/mol. The van der Waals surface area contributed by atoms with E-state index in [1.807, 2.05) is 0 Å². The highest BCUT2D eigenvalue weighted by atomic mass is 35.5. The summed E-state index contributed by atoms with van der Waals surface area (Å²) in [6, 6.07) is 2.58. The molecule has 0 aliphatic carbocycles. The highest BCUT2D eigenvalue weighted by Crippen LogP contribution is 2.32. The molecule has 0 spiro atoms. The van der Waals surface area contributed by atoms with Gasteiger partial charge in [0.1, 0.15) is 5.82 Å². The Morgan fingerprint density at radius 1 is 1.09 bits per heavy atom. The van der Waals surface area contributed by atoms with Crippen molar-refractivity contribution in [1.82, 2.24) is 14.5 Å². The fraction of sp³-hybridized carbons (Fsp3) is 0.154. The first-order valence-electron chi connectivity index (χ1n) is 6.05. The molecule has 0 atom stereocenters. The summed E-state index contributed by atoms with van der Waals surface area (Å²) in [7, 11) is 0. The van der Waals surface area contributed by atoms with Gasteiger partial charge in [0.05, 0.1) is 27.7 Å². The average Bonchev–Trinajstić information content (AvgIpc) is 3.01. The fourth-order valence-corrected chi connectivity index (χ4v) is 2.54. The number of rotatable bonds is 3. The van der Waals surface area contributed by atoms with Crippen molar-refractivity contribution in [3.8, 4) is 0 Å². The van der Waals surface area contributed by atoms with E-state index in [4.69, 9.17) is 23.2 Å². The first-order valence-corrected chi connectivity index (χ1v) is 6.81. The van der Waals surface area contributed by atoms with Gasteiger partial charge >= 0.3 is 6.55 Å². The van der Waals surface area contributed by atoms with E-state index >= 15 is 0 Å². The second-order valence-electron chi connectivity index (χ2n) is 4.54. The van der Waals surface area contributed by atoms with Crippen LogP contribution in [0.4, 0.5) is 8.78 Å². The topological polar surface area (TPSA) is 55.2 Å². The standard InChI is InChI=1S/C13H7Cl2F2N3O2/c14-8-3-6-7(4-9(8)15)12(22)20(11(6)21)5-10-18-1-2-19(10)13(16)17/h1-4,13H,5H2. The minimum Gasteiger partial charge on any atom is -0.276 e. The summed E-state index contributed by atoms with van der Waals surface area (Å²) < 4.78 is 26.2. The Kier molecular flexibility index (Phi) is 3.62. The lowest BCUT2D eigenvalue weighted by Gasteiger charge is -2.14. The third kappa shape index (κ3) is 2.26. The third-order valence-corrected chi connectivity index (χ3v) is 3.99. The van der Waals surface area contributed by atoms with Gasteiger partial charge in [0.25, 0.3) is 11.8 Å². The zero-order chi connectivity index (χ0) is 16.0. The molecule has 0 bridgehead atoms. The number of imidazole rings is 1. The highest BCUT2D eigenvalue weighted by molar-refractivity contribution is 6.43. The lowest BCUT2D eigenvalue weighted by Crippen LogP contribution is -2.30. The summed E-state index contributed by atoms with van der Waals surface area (Å²) in [6.45, 7) is -3.17. The van der Waals surface area contributed by atoms with Gasteiger partial charge in [0, 0.05) is 12.4 Å². The number of fused-ring (bicyclic) bond motifs is 1. The largest absolute Gasteiger partial charge is 0.319 e. The number of carbonyl (C=O) groups is 2. The first kappa shape index (κ1) is 14.9. The molecule has 0 fully saturated rings. The van der Waals surface area contributed by atoms with E-state index in [1.54, 1.807) is 0 Å². The maximum Gasteiger partial charge on any atom is 0.319 e. The number of aromatic nitrogens is 2. The molecule has 1 aromatic carbocycles.